The maximum atomic E-state index is 11.8. The zero-order valence-corrected chi connectivity index (χ0v) is 10.4. The largest absolute Gasteiger partial charge is 0.444 e. The second-order valence-electron chi connectivity index (χ2n) is 4.97. The summed E-state index contributed by atoms with van der Waals surface area (Å²) in [5.41, 5.74) is -0.560. The van der Waals surface area contributed by atoms with E-state index < -0.39 is 17.7 Å². The van der Waals surface area contributed by atoms with Crippen molar-refractivity contribution in [2.75, 3.05) is 19.6 Å². The molecule has 0 spiro atoms. The maximum absolute atomic E-state index is 11.8. The number of hydrogen-bond donors (Lipinski definition) is 0. The SMILES string of the molecule is CC(C)(C)OC(=O)N1CCN(C=O)C(C=O)C1. The van der Waals surface area contributed by atoms with E-state index in [-0.39, 0.29) is 6.54 Å². The average Bonchev–Trinajstić information content (AvgIpc) is 2.25. The predicted octanol–water partition coefficient (Wildman–Crippen LogP) is 0.263. The number of rotatable bonds is 2. The number of amides is 2. The smallest absolute Gasteiger partial charge is 0.410 e. The van der Waals surface area contributed by atoms with Gasteiger partial charge < -0.3 is 19.3 Å². The summed E-state index contributed by atoms with van der Waals surface area (Å²) in [6.07, 6.45) is 0.853. The molecule has 0 N–H and O–H groups in total. The van der Waals surface area contributed by atoms with Gasteiger partial charge in [-0.2, -0.15) is 0 Å². The van der Waals surface area contributed by atoms with Gasteiger partial charge >= 0.3 is 6.09 Å². The van der Waals surface area contributed by atoms with Gasteiger partial charge in [0.05, 0.1) is 6.54 Å². The molecular weight excluding hydrogens is 224 g/mol. The lowest BCUT2D eigenvalue weighted by molar-refractivity contribution is -0.128. The fourth-order valence-electron chi connectivity index (χ4n) is 1.57. The highest BCUT2D eigenvalue weighted by Gasteiger charge is 2.30. The van der Waals surface area contributed by atoms with Crippen LogP contribution in [-0.2, 0) is 14.3 Å². The molecule has 0 aliphatic carbocycles. The molecule has 96 valence electrons. The minimum atomic E-state index is -0.575. The van der Waals surface area contributed by atoms with Crippen LogP contribution >= 0.6 is 0 Å². The van der Waals surface area contributed by atoms with Crippen molar-refractivity contribution < 1.29 is 19.1 Å². The summed E-state index contributed by atoms with van der Waals surface area (Å²) in [6.45, 7) is 6.28. The lowest BCUT2D eigenvalue weighted by atomic mass is 10.2. The first-order valence-corrected chi connectivity index (χ1v) is 5.51. The number of carbonyl (C=O) groups is 3. The Bertz CT molecular complexity index is 311. The Labute approximate surface area is 101 Å². The van der Waals surface area contributed by atoms with Crippen LogP contribution in [0.15, 0.2) is 0 Å². The Kier molecular flexibility index (Phi) is 4.09. The van der Waals surface area contributed by atoms with E-state index in [4.69, 9.17) is 4.74 Å². The third kappa shape index (κ3) is 3.72. The van der Waals surface area contributed by atoms with Crippen LogP contribution < -0.4 is 0 Å². The Morgan fingerprint density at radius 3 is 2.41 bits per heavy atom. The number of carbonyl (C=O) groups excluding carboxylic acids is 3. The zero-order chi connectivity index (χ0) is 13.1. The third-order valence-electron chi connectivity index (χ3n) is 2.41. The van der Waals surface area contributed by atoms with Gasteiger partial charge in [0.25, 0.3) is 0 Å². The molecule has 1 heterocycles. The fourth-order valence-corrected chi connectivity index (χ4v) is 1.57. The minimum absolute atomic E-state index is 0.192. The zero-order valence-electron chi connectivity index (χ0n) is 10.4. The highest BCUT2D eigenvalue weighted by atomic mass is 16.6. The number of ether oxygens (including phenoxy) is 1. The molecule has 1 unspecified atom stereocenters. The first-order valence-electron chi connectivity index (χ1n) is 5.51. The number of aldehydes is 1. The van der Waals surface area contributed by atoms with E-state index in [9.17, 15) is 14.4 Å². The van der Waals surface area contributed by atoms with Gasteiger partial charge in [0.2, 0.25) is 6.41 Å². The number of nitrogens with zero attached hydrogens (tertiary/aromatic N) is 2. The van der Waals surface area contributed by atoms with Crippen LogP contribution in [0.3, 0.4) is 0 Å². The van der Waals surface area contributed by atoms with Gasteiger partial charge in [-0.3, -0.25) is 4.79 Å². The van der Waals surface area contributed by atoms with Crippen molar-refractivity contribution >= 4 is 18.8 Å². The van der Waals surface area contributed by atoms with Crippen LogP contribution in [0.2, 0.25) is 0 Å². The summed E-state index contributed by atoms with van der Waals surface area (Å²) in [7, 11) is 0. The van der Waals surface area contributed by atoms with E-state index >= 15 is 0 Å². The molecule has 1 atom stereocenters. The van der Waals surface area contributed by atoms with Crippen LogP contribution in [0.4, 0.5) is 4.79 Å². The van der Waals surface area contributed by atoms with E-state index in [1.54, 1.807) is 20.8 Å². The highest BCUT2D eigenvalue weighted by Crippen LogP contribution is 2.13. The molecule has 6 nitrogen and oxygen atoms in total. The van der Waals surface area contributed by atoms with Gasteiger partial charge in [-0.1, -0.05) is 0 Å². The van der Waals surface area contributed by atoms with Crippen LogP contribution in [0, 0.1) is 0 Å². The Hall–Kier alpha value is -1.59. The van der Waals surface area contributed by atoms with E-state index in [0.717, 1.165) is 0 Å². The molecule has 0 aromatic rings. The monoisotopic (exact) mass is 242 g/mol. The second kappa shape index (κ2) is 5.16. The fraction of sp³-hybridized carbons (Fsp3) is 0.727. The van der Waals surface area contributed by atoms with Crippen molar-refractivity contribution in [3.63, 3.8) is 0 Å². The number of piperazine rings is 1. The summed E-state index contributed by atoms with van der Waals surface area (Å²) < 4.78 is 5.20. The molecule has 0 radical (unpaired) electrons. The molecule has 6 heteroatoms. The molecule has 1 fully saturated rings. The van der Waals surface area contributed by atoms with Crippen LogP contribution in [0.5, 0.6) is 0 Å². The highest BCUT2D eigenvalue weighted by molar-refractivity contribution is 5.71. The molecule has 1 aliphatic rings. The summed E-state index contributed by atoms with van der Waals surface area (Å²) >= 11 is 0. The topological polar surface area (TPSA) is 66.9 Å². The predicted molar refractivity (Wildman–Crippen MR) is 60.4 cm³/mol. The first-order chi connectivity index (χ1) is 7.87. The van der Waals surface area contributed by atoms with Gasteiger partial charge in [0, 0.05) is 13.1 Å². The Morgan fingerprint density at radius 1 is 1.29 bits per heavy atom. The summed E-state index contributed by atoms with van der Waals surface area (Å²) in [5, 5.41) is 0. The maximum Gasteiger partial charge on any atom is 0.410 e. The summed E-state index contributed by atoms with van der Waals surface area (Å²) in [6, 6.07) is -0.575. The van der Waals surface area contributed by atoms with E-state index in [1.165, 1.54) is 9.80 Å². The van der Waals surface area contributed by atoms with Crippen molar-refractivity contribution in [1.82, 2.24) is 9.80 Å². The molecule has 0 aromatic heterocycles. The quantitative estimate of drug-likeness (QED) is 0.652. The van der Waals surface area contributed by atoms with Crippen LogP contribution in [-0.4, -0.2) is 59.9 Å². The average molecular weight is 242 g/mol. The van der Waals surface area contributed by atoms with Crippen molar-refractivity contribution in [2.24, 2.45) is 0 Å². The van der Waals surface area contributed by atoms with Gasteiger partial charge in [-0.05, 0) is 20.8 Å². The second-order valence-corrected chi connectivity index (χ2v) is 4.97. The minimum Gasteiger partial charge on any atom is -0.444 e. The molecule has 1 saturated heterocycles. The van der Waals surface area contributed by atoms with Crippen molar-refractivity contribution in [3.8, 4) is 0 Å². The first kappa shape index (κ1) is 13.5. The van der Waals surface area contributed by atoms with Gasteiger partial charge in [-0.15, -0.1) is 0 Å². The normalized spacial score (nSPS) is 21.0. The van der Waals surface area contributed by atoms with Gasteiger partial charge in [0.15, 0.2) is 0 Å². The van der Waals surface area contributed by atoms with Crippen LogP contribution in [0.25, 0.3) is 0 Å². The van der Waals surface area contributed by atoms with E-state index in [0.29, 0.717) is 25.8 Å². The van der Waals surface area contributed by atoms with Gasteiger partial charge in [-0.25, -0.2) is 4.79 Å². The van der Waals surface area contributed by atoms with Crippen LogP contribution in [0.1, 0.15) is 20.8 Å². The van der Waals surface area contributed by atoms with E-state index in [2.05, 4.69) is 0 Å². The number of hydrogen-bond acceptors (Lipinski definition) is 4. The van der Waals surface area contributed by atoms with Gasteiger partial charge in [0.1, 0.15) is 17.9 Å². The van der Waals surface area contributed by atoms with Crippen molar-refractivity contribution in [1.29, 1.82) is 0 Å². The molecule has 0 saturated carbocycles. The Morgan fingerprint density at radius 2 is 1.94 bits per heavy atom. The molecule has 1 aliphatic heterocycles. The lowest BCUT2D eigenvalue weighted by Crippen LogP contribution is -2.55. The molecule has 1 rings (SSSR count). The standard InChI is InChI=1S/C11H18N2O4/c1-11(2,3)17-10(16)12-4-5-13(8-15)9(6-12)7-14/h7-9H,4-6H2,1-3H3. The molecule has 17 heavy (non-hydrogen) atoms. The molecule has 2 amide bonds. The Balaban J connectivity index is 2.60. The van der Waals surface area contributed by atoms with Crippen molar-refractivity contribution in [2.45, 2.75) is 32.4 Å². The molecular formula is C11H18N2O4. The molecule has 0 bridgehead atoms. The third-order valence-corrected chi connectivity index (χ3v) is 2.41. The van der Waals surface area contributed by atoms with Crippen molar-refractivity contribution in [3.05, 3.63) is 0 Å². The molecule has 0 aromatic carbocycles. The lowest BCUT2D eigenvalue weighted by Gasteiger charge is -2.37. The summed E-state index contributed by atoms with van der Waals surface area (Å²) in [4.78, 5) is 36.1. The summed E-state index contributed by atoms with van der Waals surface area (Å²) in [5.74, 6) is 0. The van der Waals surface area contributed by atoms with E-state index in [1.807, 2.05) is 0 Å².